The second kappa shape index (κ2) is 8.55. The summed E-state index contributed by atoms with van der Waals surface area (Å²) in [7, 11) is 0. The van der Waals surface area contributed by atoms with Crippen LogP contribution in [0.2, 0.25) is 0 Å². The van der Waals surface area contributed by atoms with E-state index in [1.807, 2.05) is 0 Å². The van der Waals surface area contributed by atoms with Crippen LogP contribution in [0.25, 0.3) is 0 Å². The molecular formula is H6Fe2O5Ti. The molecule has 0 aromatic rings. The van der Waals surface area contributed by atoms with Crippen molar-refractivity contribution in [3.8, 4) is 0 Å². The van der Waals surface area contributed by atoms with Crippen molar-refractivity contribution in [2.24, 2.45) is 0 Å². The van der Waals surface area contributed by atoms with Gasteiger partial charge in [0.25, 0.3) is 0 Å². The predicted molar refractivity (Wildman–Crippen MR) is 12.5 cm³/mol. The zero-order valence-electron chi connectivity index (χ0n) is 3.50. The maximum atomic E-state index is 7.38. The van der Waals surface area contributed by atoms with E-state index in [2.05, 4.69) is 0 Å². The average Bonchev–Trinajstić information content (AvgIpc) is 0.722. The number of hydrogen-bond donors (Lipinski definition) is 4. The van der Waals surface area contributed by atoms with Gasteiger partial charge in [0, 0.05) is 34.1 Å². The Morgan fingerprint density at radius 2 is 0.750 bits per heavy atom. The SMILES string of the molecule is O.[Fe].[Fe].[OH][Ti]([OH])([OH])[OH]. The summed E-state index contributed by atoms with van der Waals surface area (Å²) < 4.78 is 29.5. The Kier molecular flexibility index (Phi) is 24.2. The van der Waals surface area contributed by atoms with E-state index >= 15 is 0 Å². The van der Waals surface area contributed by atoms with Crippen molar-refractivity contribution in [1.29, 1.82) is 0 Å². The monoisotopic (exact) mass is 246 g/mol. The summed E-state index contributed by atoms with van der Waals surface area (Å²) >= 11 is -5.00. The van der Waals surface area contributed by atoms with Gasteiger partial charge in [-0.3, -0.25) is 0 Å². The predicted octanol–water partition coefficient (Wildman–Crippen LogP) is -3.06. The normalized spacial score (nSPS) is 7.50. The molecule has 0 spiro atoms. The summed E-state index contributed by atoms with van der Waals surface area (Å²) in [6, 6.07) is 0. The van der Waals surface area contributed by atoms with Crippen molar-refractivity contribution >= 4 is 0 Å². The average molecular weight is 246 g/mol. The Hall–Kier alpha value is 1.55. The van der Waals surface area contributed by atoms with E-state index in [1.165, 1.54) is 0 Å². The molecule has 0 aromatic heterocycles. The standard InChI is InChI=1S/2Fe.5H2O.Ti/h;;5*1H2;/q;;;;;;;+4/p-4. The molecular weight excluding hydrogens is 240 g/mol. The van der Waals surface area contributed by atoms with Gasteiger partial charge in [0.1, 0.15) is 0 Å². The molecule has 0 heterocycles. The van der Waals surface area contributed by atoms with Crippen molar-refractivity contribution in [2.75, 3.05) is 0 Å². The summed E-state index contributed by atoms with van der Waals surface area (Å²) in [5.74, 6) is 0. The first-order chi connectivity index (χ1) is 2.00. The zero-order chi connectivity index (χ0) is 4.50. The van der Waals surface area contributed by atoms with E-state index in [-0.39, 0.29) is 39.6 Å². The third kappa shape index (κ3) is 134. The third-order valence-corrected chi connectivity index (χ3v) is 0. The Morgan fingerprint density at radius 1 is 0.750 bits per heavy atom. The molecule has 0 unspecified atom stereocenters. The number of hydrogen-bond acceptors (Lipinski definition) is 4. The fourth-order valence-electron chi connectivity index (χ4n) is 0. The van der Waals surface area contributed by atoms with Crippen molar-refractivity contribution in [3.05, 3.63) is 0 Å². The Bertz CT molecular complexity index is 25.9. The van der Waals surface area contributed by atoms with E-state index in [0.717, 1.165) is 0 Å². The van der Waals surface area contributed by atoms with Crippen LogP contribution in [-0.2, 0) is 52.3 Å². The van der Waals surface area contributed by atoms with E-state index in [0.29, 0.717) is 0 Å². The minimum atomic E-state index is -5.00. The van der Waals surface area contributed by atoms with Gasteiger partial charge < -0.3 is 5.48 Å². The molecule has 0 atom stereocenters. The molecule has 8 heavy (non-hydrogen) atoms. The second-order valence-electron chi connectivity index (χ2n) is 0.600. The summed E-state index contributed by atoms with van der Waals surface area (Å²) in [6.45, 7) is 0. The Balaban J connectivity index is -0.0000000267. The summed E-state index contributed by atoms with van der Waals surface area (Å²) in [4.78, 5) is 0. The summed E-state index contributed by atoms with van der Waals surface area (Å²) in [6.07, 6.45) is 0. The van der Waals surface area contributed by atoms with Crippen LogP contribution in [0.1, 0.15) is 0 Å². The second-order valence-corrected chi connectivity index (χ2v) is 2.47. The first-order valence-corrected chi connectivity index (χ1v) is 3.69. The van der Waals surface area contributed by atoms with Crippen LogP contribution in [0.5, 0.6) is 0 Å². The maximum absolute atomic E-state index is 7.38. The van der Waals surface area contributed by atoms with E-state index in [9.17, 15) is 0 Å². The van der Waals surface area contributed by atoms with Gasteiger partial charge in [-0.15, -0.1) is 0 Å². The molecule has 56 valence electrons. The van der Waals surface area contributed by atoms with Crippen LogP contribution in [0.15, 0.2) is 0 Å². The molecule has 8 heteroatoms. The first kappa shape index (κ1) is 22.7. The summed E-state index contributed by atoms with van der Waals surface area (Å²) in [5.41, 5.74) is 0. The molecule has 5 nitrogen and oxygen atoms in total. The minimum absolute atomic E-state index is 0. The molecule has 0 aliphatic carbocycles. The van der Waals surface area contributed by atoms with Crippen LogP contribution in [0.4, 0.5) is 0 Å². The van der Waals surface area contributed by atoms with Gasteiger partial charge in [0.2, 0.25) is 0 Å². The van der Waals surface area contributed by atoms with E-state index in [4.69, 9.17) is 14.8 Å². The molecule has 0 rings (SSSR count). The molecule has 0 fully saturated rings. The molecule has 6 N–H and O–H groups in total. The van der Waals surface area contributed by atoms with Crippen molar-refractivity contribution in [1.82, 2.24) is 0 Å². The van der Waals surface area contributed by atoms with Gasteiger partial charge in [0.05, 0.1) is 0 Å². The van der Waals surface area contributed by atoms with Gasteiger partial charge in [-0.25, -0.2) is 0 Å². The van der Waals surface area contributed by atoms with Crippen LogP contribution >= 0.6 is 0 Å². The summed E-state index contributed by atoms with van der Waals surface area (Å²) in [5, 5.41) is 0. The van der Waals surface area contributed by atoms with Gasteiger partial charge >= 0.3 is 32.9 Å². The molecule has 0 bridgehead atoms. The third-order valence-electron chi connectivity index (χ3n) is 0. The zero-order valence-corrected chi connectivity index (χ0v) is 7.27. The molecule has 0 aliphatic rings. The van der Waals surface area contributed by atoms with Gasteiger partial charge in [-0.2, -0.15) is 0 Å². The molecule has 0 radical (unpaired) electrons. The van der Waals surface area contributed by atoms with Gasteiger partial charge in [-0.05, 0) is 0 Å². The van der Waals surface area contributed by atoms with E-state index in [1.54, 1.807) is 0 Å². The van der Waals surface area contributed by atoms with Crippen LogP contribution in [-0.4, -0.2) is 20.2 Å². The Morgan fingerprint density at radius 3 is 0.750 bits per heavy atom. The van der Waals surface area contributed by atoms with Gasteiger partial charge in [0.15, 0.2) is 0 Å². The fraction of sp³-hybridized carbons (Fsp3) is 0. The van der Waals surface area contributed by atoms with Crippen molar-refractivity contribution in [3.63, 3.8) is 0 Å². The van der Waals surface area contributed by atoms with Crippen LogP contribution in [0.3, 0.4) is 0 Å². The van der Waals surface area contributed by atoms with Crippen LogP contribution < -0.4 is 0 Å². The topological polar surface area (TPSA) is 112 Å². The molecule has 0 aromatic carbocycles. The van der Waals surface area contributed by atoms with Crippen molar-refractivity contribution < 1.29 is 72.5 Å². The number of rotatable bonds is 0. The quantitative estimate of drug-likeness (QED) is 0.340. The van der Waals surface area contributed by atoms with E-state index < -0.39 is 18.1 Å². The van der Waals surface area contributed by atoms with Crippen molar-refractivity contribution in [2.45, 2.75) is 0 Å². The fourth-order valence-corrected chi connectivity index (χ4v) is 0. The molecule has 0 amide bonds. The van der Waals surface area contributed by atoms with Gasteiger partial charge in [-0.1, -0.05) is 0 Å². The molecule has 0 saturated heterocycles. The molecule has 0 aliphatic heterocycles. The first-order valence-electron chi connectivity index (χ1n) is 0.894. The van der Waals surface area contributed by atoms with Crippen LogP contribution in [0, 0.1) is 0 Å². The Labute approximate surface area is 72.2 Å². The molecule has 0 saturated carbocycles.